The van der Waals surface area contributed by atoms with E-state index in [1.807, 2.05) is 0 Å². The van der Waals surface area contributed by atoms with Crippen molar-refractivity contribution in [2.75, 3.05) is 0 Å². The SMILES string of the molecule is Cc1c(CBr)cc(OC(F)F)cc1C(=O)O. The molecule has 0 heterocycles. The number of aromatic carboxylic acids is 1. The van der Waals surface area contributed by atoms with Crippen molar-refractivity contribution in [3.8, 4) is 5.75 Å². The number of ether oxygens (including phenoxy) is 1. The predicted molar refractivity (Wildman–Crippen MR) is 57.4 cm³/mol. The molecule has 0 atom stereocenters. The van der Waals surface area contributed by atoms with E-state index in [1.54, 1.807) is 6.92 Å². The molecular weight excluding hydrogens is 286 g/mol. The van der Waals surface area contributed by atoms with Gasteiger partial charge in [-0.05, 0) is 30.2 Å². The average Bonchev–Trinajstić information content (AvgIpc) is 2.19. The van der Waals surface area contributed by atoms with Crippen LogP contribution in [0.1, 0.15) is 21.5 Å². The molecule has 16 heavy (non-hydrogen) atoms. The Hall–Kier alpha value is -1.17. The molecule has 0 saturated carbocycles. The minimum atomic E-state index is -2.97. The summed E-state index contributed by atoms with van der Waals surface area (Å²) in [6.45, 7) is -1.35. The number of carbonyl (C=O) groups is 1. The second-order valence-electron chi connectivity index (χ2n) is 3.07. The van der Waals surface area contributed by atoms with Crippen molar-refractivity contribution in [2.24, 2.45) is 0 Å². The number of benzene rings is 1. The number of carboxylic acids is 1. The van der Waals surface area contributed by atoms with Crippen LogP contribution in [0, 0.1) is 6.92 Å². The summed E-state index contributed by atoms with van der Waals surface area (Å²) in [6, 6.07) is 2.48. The molecule has 0 spiro atoms. The molecule has 1 N–H and O–H groups in total. The highest BCUT2D eigenvalue weighted by atomic mass is 79.9. The van der Waals surface area contributed by atoms with Gasteiger partial charge in [-0.15, -0.1) is 0 Å². The molecule has 0 bridgehead atoms. The summed E-state index contributed by atoms with van der Waals surface area (Å²) in [5.41, 5.74) is 1.11. The van der Waals surface area contributed by atoms with Crippen molar-refractivity contribution in [1.82, 2.24) is 0 Å². The third-order valence-corrected chi connectivity index (χ3v) is 2.69. The maximum Gasteiger partial charge on any atom is 0.387 e. The Labute approximate surface area is 99.2 Å². The number of hydrogen-bond donors (Lipinski definition) is 1. The van der Waals surface area contributed by atoms with Crippen LogP contribution < -0.4 is 4.74 Å². The monoisotopic (exact) mass is 294 g/mol. The summed E-state index contributed by atoms with van der Waals surface area (Å²) in [6.07, 6.45) is 0. The fraction of sp³-hybridized carbons (Fsp3) is 0.300. The van der Waals surface area contributed by atoms with Crippen LogP contribution in [0.5, 0.6) is 5.75 Å². The Morgan fingerprint density at radius 3 is 2.62 bits per heavy atom. The molecule has 0 aliphatic carbocycles. The molecule has 3 nitrogen and oxygen atoms in total. The van der Waals surface area contributed by atoms with Gasteiger partial charge in [-0.2, -0.15) is 8.78 Å². The van der Waals surface area contributed by atoms with Crippen molar-refractivity contribution in [3.63, 3.8) is 0 Å². The molecule has 0 unspecified atom stereocenters. The summed E-state index contributed by atoms with van der Waals surface area (Å²) >= 11 is 3.16. The highest BCUT2D eigenvalue weighted by molar-refractivity contribution is 9.08. The Kier molecular flexibility index (Phi) is 4.23. The first kappa shape index (κ1) is 12.9. The average molecular weight is 295 g/mol. The minimum Gasteiger partial charge on any atom is -0.478 e. The largest absolute Gasteiger partial charge is 0.478 e. The molecular formula is C10H9BrF2O3. The number of rotatable bonds is 4. The van der Waals surface area contributed by atoms with E-state index < -0.39 is 12.6 Å². The summed E-state index contributed by atoms with van der Waals surface area (Å²) in [5.74, 6) is -1.31. The van der Waals surface area contributed by atoms with E-state index in [4.69, 9.17) is 5.11 Å². The predicted octanol–water partition coefficient (Wildman–Crippen LogP) is 3.19. The van der Waals surface area contributed by atoms with Gasteiger partial charge in [-0.3, -0.25) is 0 Å². The Balaban J connectivity index is 3.23. The van der Waals surface area contributed by atoms with Crippen molar-refractivity contribution in [3.05, 3.63) is 28.8 Å². The number of carboxylic acid groups (broad SMARTS) is 1. The van der Waals surface area contributed by atoms with Gasteiger partial charge in [0.1, 0.15) is 5.75 Å². The molecule has 0 amide bonds. The van der Waals surface area contributed by atoms with Gasteiger partial charge in [0.15, 0.2) is 0 Å². The number of hydrogen-bond acceptors (Lipinski definition) is 2. The zero-order valence-electron chi connectivity index (χ0n) is 8.34. The zero-order chi connectivity index (χ0) is 12.3. The third kappa shape index (κ3) is 2.91. The minimum absolute atomic E-state index is 0.0346. The third-order valence-electron chi connectivity index (χ3n) is 2.09. The maximum absolute atomic E-state index is 12.0. The van der Waals surface area contributed by atoms with Gasteiger partial charge < -0.3 is 9.84 Å². The Morgan fingerprint density at radius 1 is 1.56 bits per heavy atom. The summed E-state index contributed by atoms with van der Waals surface area (Å²) in [7, 11) is 0. The Bertz CT molecular complexity index is 407. The fourth-order valence-corrected chi connectivity index (χ4v) is 1.86. The van der Waals surface area contributed by atoms with Crippen LogP contribution >= 0.6 is 15.9 Å². The molecule has 0 aromatic heterocycles. The molecule has 0 fully saturated rings. The lowest BCUT2D eigenvalue weighted by Crippen LogP contribution is -2.07. The van der Waals surface area contributed by atoms with Crippen molar-refractivity contribution in [2.45, 2.75) is 18.9 Å². The first-order valence-corrected chi connectivity index (χ1v) is 5.45. The van der Waals surface area contributed by atoms with E-state index in [-0.39, 0.29) is 11.3 Å². The van der Waals surface area contributed by atoms with Gasteiger partial charge in [-0.25, -0.2) is 4.79 Å². The lowest BCUT2D eigenvalue weighted by Gasteiger charge is -2.11. The molecule has 1 aromatic rings. The molecule has 0 saturated heterocycles. The maximum atomic E-state index is 12.0. The summed E-state index contributed by atoms with van der Waals surface area (Å²) in [5, 5.41) is 9.26. The van der Waals surface area contributed by atoms with Crippen LogP contribution in [-0.4, -0.2) is 17.7 Å². The first-order valence-electron chi connectivity index (χ1n) is 4.33. The molecule has 0 radical (unpaired) electrons. The van der Waals surface area contributed by atoms with Crippen LogP contribution in [0.3, 0.4) is 0 Å². The number of alkyl halides is 3. The van der Waals surface area contributed by atoms with E-state index in [1.165, 1.54) is 6.07 Å². The van der Waals surface area contributed by atoms with Crippen LogP contribution in [0.2, 0.25) is 0 Å². The van der Waals surface area contributed by atoms with Crippen molar-refractivity contribution >= 4 is 21.9 Å². The molecule has 6 heteroatoms. The van der Waals surface area contributed by atoms with Gasteiger partial charge >= 0.3 is 12.6 Å². The highest BCUT2D eigenvalue weighted by Gasteiger charge is 2.14. The molecule has 1 aromatic carbocycles. The van der Waals surface area contributed by atoms with E-state index in [0.717, 1.165) is 6.07 Å². The zero-order valence-corrected chi connectivity index (χ0v) is 9.92. The highest BCUT2D eigenvalue weighted by Crippen LogP contribution is 2.25. The molecule has 0 aliphatic heterocycles. The molecule has 1 rings (SSSR count). The van der Waals surface area contributed by atoms with Gasteiger partial charge in [0.2, 0.25) is 0 Å². The quantitative estimate of drug-likeness (QED) is 0.868. The van der Waals surface area contributed by atoms with Gasteiger partial charge in [0.05, 0.1) is 5.56 Å². The van der Waals surface area contributed by atoms with Crippen LogP contribution in [0.4, 0.5) is 8.78 Å². The van der Waals surface area contributed by atoms with Gasteiger partial charge in [-0.1, -0.05) is 15.9 Å². The lowest BCUT2D eigenvalue weighted by atomic mass is 10.0. The van der Waals surface area contributed by atoms with E-state index >= 15 is 0 Å². The van der Waals surface area contributed by atoms with E-state index in [2.05, 4.69) is 20.7 Å². The fourth-order valence-electron chi connectivity index (χ4n) is 1.28. The van der Waals surface area contributed by atoms with Crippen molar-refractivity contribution < 1.29 is 23.4 Å². The van der Waals surface area contributed by atoms with Gasteiger partial charge in [0, 0.05) is 5.33 Å². The van der Waals surface area contributed by atoms with E-state index in [9.17, 15) is 13.6 Å². The first-order chi connectivity index (χ1) is 7.45. The second-order valence-corrected chi connectivity index (χ2v) is 3.63. The summed E-state index contributed by atoms with van der Waals surface area (Å²) in [4.78, 5) is 10.9. The number of halogens is 3. The molecule has 0 aliphatic rings. The van der Waals surface area contributed by atoms with E-state index in [0.29, 0.717) is 16.5 Å². The topological polar surface area (TPSA) is 46.5 Å². The lowest BCUT2D eigenvalue weighted by molar-refractivity contribution is -0.0499. The summed E-state index contributed by atoms with van der Waals surface area (Å²) < 4.78 is 28.2. The smallest absolute Gasteiger partial charge is 0.387 e. The normalized spacial score (nSPS) is 10.6. The second kappa shape index (κ2) is 5.25. The van der Waals surface area contributed by atoms with Crippen LogP contribution in [0.15, 0.2) is 12.1 Å². The van der Waals surface area contributed by atoms with Crippen molar-refractivity contribution in [1.29, 1.82) is 0 Å². The molecule has 88 valence electrons. The standard InChI is InChI=1S/C10H9BrF2O3/c1-5-6(4-11)2-7(16-10(12)13)3-8(5)9(14)15/h2-3,10H,4H2,1H3,(H,14,15). The Morgan fingerprint density at radius 2 is 2.19 bits per heavy atom. The van der Waals surface area contributed by atoms with Crippen LogP contribution in [-0.2, 0) is 5.33 Å². The van der Waals surface area contributed by atoms with Gasteiger partial charge in [0.25, 0.3) is 0 Å². The van der Waals surface area contributed by atoms with Crippen LogP contribution in [0.25, 0.3) is 0 Å².